The van der Waals surface area contributed by atoms with Gasteiger partial charge in [-0.25, -0.2) is 4.98 Å². The number of thiazole rings is 1. The van der Waals surface area contributed by atoms with Gasteiger partial charge in [-0.05, 0) is 36.6 Å². The van der Waals surface area contributed by atoms with Gasteiger partial charge in [0.05, 0.1) is 24.2 Å². The third kappa shape index (κ3) is 4.37. The zero-order valence-corrected chi connectivity index (χ0v) is 17.2. The average Bonchev–Trinajstić information content (AvgIpc) is 3.45. The van der Waals surface area contributed by atoms with Gasteiger partial charge in [-0.1, -0.05) is 41.9 Å². The van der Waals surface area contributed by atoms with E-state index in [4.69, 9.17) is 16.3 Å². The first-order valence-electron chi connectivity index (χ1n) is 9.26. The van der Waals surface area contributed by atoms with E-state index in [1.807, 2.05) is 58.8 Å². The van der Waals surface area contributed by atoms with Crippen molar-refractivity contribution in [1.29, 1.82) is 0 Å². The van der Waals surface area contributed by atoms with E-state index in [-0.39, 0.29) is 5.91 Å². The summed E-state index contributed by atoms with van der Waals surface area (Å²) in [6.45, 7) is 0.620. The molecule has 0 atom stereocenters. The van der Waals surface area contributed by atoms with Crippen molar-refractivity contribution in [3.63, 3.8) is 0 Å². The minimum absolute atomic E-state index is 0.120. The molecule has 1 aliphatic rings. The molecular weight excluding hydrogens is 392 g/mol. The molecule has 0 unspecified atom stereocenters. The lowest BCUT2D eigenvalue weighted by Gasteiger charge is -2.22. The standard InChI is InChI=1S/C22H21ClN2O2S/c1-27-18-10-6-15(7-11-18)13-25(17-8-9-17)21(26)12-16-14-28-22(24-16)19-4-2-3-5-20(19)23/h2-7,10-11,14,17H,8-9,12-13H2,1H3. The summed E-state index contributed by atoms with van der Waals surface area (Å²) in [6.07, 6.45) is 2.46. The van der Waals surface area contributed by atoms with Crippen LogP contribution in [0, 0.1) is 0 Å². The fraction of sp³-hybridized carbons (Fsp3) is 0.273. The molecule has 3 aromatic rings. The minimum Gasteiger partial charge on any atom is -0.497 e. The molecule has 1 aromatic heterocycles. The van der Waals surface area contributed by atoms with Crippen molar-refractivity contribution < 1.29 is 9.53 Å². The van der Waals surface area contributed by atoms with Gasteiger partial charge in [0, 0.05) is 23.5 Å². The lowest BCUT2D eigenvalue weighted by atomic mass is 10.2. The third-order valence-corrected chi connectivity index (χ3v) is 6.06. The van der Waals surface area contributed by atoms with Crippen LogP contribution in [0.4, 0.5) is 0 Å². The fourth-order valence-corrected chi connectivity index (χ4v) is 4.28. The second-order valence-corrected chi connectivity index (χ2v) is 8.17. The van der Waals surface area contributed by atoms with Crippen LogP contribution in [0.5, 0.6) is 5.75 Å². The lowest BCUT2D eigenvalue weighted by Crippen LogP contribution is -2.33. The van der Waals surface area contributed by atoms with Crippen molar-refractivity contribution in [3.05, 3.63) is 70.2 Å². The SMILES string of the molecule is COc1ccc(CN(C(=O)Cc2csc(-c3ccccc3Cl)n2)C2CC2)cc1. The van der Waals surface area contributed by atoms with Crippen molar-refractivity contribution in [2.24, 2.45) is 0 Å². The summed E-state index contributed by atoms with van der Waals surface area (Å²) < 4.78 is 5.21. The topological polar surface area (TPSA) is 42.4 Å². The van der Waals surface area contributed by atoms with Gasteiger partial charge < -0.3 is 9.64 Å². The molecule has 28 heavy (non-hydrogen) atoms. The third-order valence-electron chi connectivity index (χ3n) is 4.81. The maximum Gasteiger partial charge on any atom is 0.229 e. The van der Waals surface area contributed by atoms with E-state index in [9.17, 15) is 4.79 Å². The number of methoxy groups -OCH3 is 1. The number of rotatable bonds is 7. The molecule has 2 aromatic carbocycles. The predicted molar refractivity (Wildman–Crippen MR) is 113 cm³/mol. The number of carbonyl (C=O) groups excluding carboxylic acids is 1. The molecule has 1 saturated carbocycles. The Labute approximate surface area is 173 Å². The minimum atomic E-state index is 0.120. The first-order chi connectivity index (χ1) is 13.6. The Morgan fingerprint density at radius 3 is 2.64 bits per heavy atom. The van der Waals surface area contributed by atoms with E-state index in [1.54, 1.807) is 7.11 Å². The molecule has 1 fully saturated rings. The van der Waals surface area contributed by atoms with Crippen LogP contribution in [0.2, 0.25) is 5.02 Å². The number of nitrogens with zero attached hydrogens (tertiary/aromatic N) is 2. The molecule has 6 heteroatoms. The highest BCUT2D eigenvalue weighted by atomic mass is 35.5. The van der Waals surface area contributed by atoms with Gasteiger partial charge in [0.1, 0.15) is 10.8 Å². The monoisotopic (exact) mass is 412 g/mol. The van der Waals surface area contributed by atoms with Crippen molar-refractivity contribution in [3.8, 4) is 16.3 Å². The summed E-state index contributed by atoms with van der Waals surface area (Å²) in [4.78, 5) is 19.6. The van der Waals surface area contributed by atoms with E-state index in [0.29, 0.717) is 24.0 Å². The average molecular weight is 413 g/mol. The Morgan fingerprint density at radius 2 is 1.96 bits per heavy atom. The molecule has 0 saturated heterocycles. The number of hydrogen-bond donors (Lipinski definition) is 0. The number of hydrogen-bond acceptors (Lipinski definition) is 4. The van der Waals surface area contributed by atoms with Crippen LogP contribution in [-0.2, 0) is 17.8 Å². The first kappa shape index (κ1) is 19.0. The van der Waals surface area contributed by atoms with Gasteiger partial charge in [-0.3, -0.25) is 4.79 Å². The summed E-state index contributed by atoms with van der Waals surface area (Å²) >= 11 is 7.79. The molecule has 144 valence electrons. The van der Waals surface area contributed by atoms with Crippen molar-refractivity contribution >= 4 is 28.8 Å². The number of ether oxygens (including phenoxy) is 1. The zero-order valence-electron chi connectivity index (χ0n) is 15.6. The highest BCUT2D eigenvalue weighted by molar-refractivity contribution is 7.13. The van der Waals surface area contributed by atoms with E-state index in [1.165, 1.54) is 11.3 Å². The van der Waals surface area contributed by atoms with Crippen LogP contribution >= 0.6 is 22.9 Å². The molecular formula is C22H21ClN2O2S. The molecule has 1 aliphatic carbocycles. The Morgan fingerprint density at radius 1 is 1.21 bits per heavy atom. The number of aromatic nitrogens is 1. The number of carbonyl (C=O) groups is 1. The Balaban J connectivity index is 1.46. The Hall–Kier alpha value is -2.37. The van der Waals surface area contributed by atoms with Crippen LogP contribution in [0.3, 0.4) is 0 Å². The number of halogens is 1. The van der Waals surface area contributed by atoms with Crippen LogP contribution in [0.25, 0.3) is 10.6 Å². The molecule has 1 heterocycles. The van der Waals surface area contributed by atoms with Crippen LogP contribution in [0.15, 0.2) is 53.9 Å². The molecule has 0 bridgehead atoms. The summed E-state index contributed by atoms with van der Waals surface area (Å²) in [5.41, 5.74) is 2.81. The molecule has 0 spiro atoms. The lowest BCUT2D eigenvalue weighted by molar-refractivity contribution is -0.131. The van der Waals surface area contributed by atoms with E-state index in [2.05, 4.69) is 4.98 Å². The zero-order chi connectivity index (χ0) is 19.5. The first-order valence-corrected chi connectivity index (χ1v) is 10.5. The van der Waals surface area contributed by atoms with Crippen molar-refractivity contribution in [1.82, 2.24) is 9.88 Å². The molecule has 0 radical (unpaired) electrons. The van der Waals surface area contributed by atoms with Gasteiger partial charge in [-0.2, -0.15) is 0 Å². The van der Waals surface area contributed by atoms with Crippen molar-refractivity contribution in [2.75, 3.05) is 7.11 Å². The second-order valence-electron chi connectivity index (χ2n) is 6.90. The smallest absolute Gasteiger partial charge is 0.229 e. The molecule has 1 amide bonds. The van der Waals surface area contributed by atoms with Gasteiger partial charge in [0.2, 0.25) is 5.91 Å². The predicted octanol–water partition coefficient (Wildman–Crippen LogP) is 5.21. The Bertz CT molecular complexity index is 967. The summed E-state index contributed by atoms with van der Waals surface area (Å²) in [5, 5.41) is 3.48. The van der Waals surface area contributed by atoms with Crippen LogP contribution < -0.4 is 4.74 Å². The summed E-state index contributed by atoms with van der Waals surface area (Å²) in [5.74, 6) is 0.942. The normalized spacial score (nSPS) is 13.4. The van der Waals surface area contributed by atoms with Crippen LogP contribution in [0.1, 0.15) is 24.1 Å². The fourth-order valence-electron chi connectivity index (χ4n) is 3.14. The van der Waals surface area contributed by atoms with E-state index >= 15 is 0 Å². The highest BCUT2D eigenvalue weighted by Gasteiger charge is 2.32. The van der Waals surface area contributed by atoms with Crippen LogP contribution in [-0.4, -0.2) is 28.9 Å². The summed E-state index contributed by atoms with van der Waals surface area (Å²) in [7, 11) is 1.65. The number of benzene rings is 2. The van der Waals surface area contributed by atoms with Gasteiger partial charge in [0.25, 0.3) is 0 Å². The van der Waals surface area contributed by atoms with Gasteiger partial charge in [0.15, 0.2) is 0 Å². The maximum absolute atomic E-state index is 13.0. The van der Waals surface area contributed by atoms with E-state index < -0.39 is 0 Å². The van der Waals surface area contributed by atoms with Gasteiger partial charge >= 0.3 is 0 Å². The molecule has 0 N–H and O–H groups in total. The highest BCUT2D eigenvalue weighted by Crippen LogP contribution is 2.32. The number of amides is 1. The van der Waals surface area contributed by atoms with Gasteiger partial charge in [-0.15, -0.1) is 11.3 Å². The van der Waals surface area contributed by atoms with Crippen molar-refractivity contribution in [2.45, 2.75) is 31.8 Å². The second kappa shape index (κ2) is 8.33. The molecule has 4 rings (SSSR count). The molecule has 0 aliphatic heterocycles. The van der Waals surface area contributed by atoms with E-state index in [0.717, 1.165) is 40.4 Å². The molecule has 4 nitrogen and oxygen atoms in total. The largest absolute Gasteiger partial charge is 0.497 e. The summed E-state index contributed by atoms with van der Waals surface area (Å²) in [6, 6.07) is 15.9. The quantitative estimate of drug-likeness (QED) is 0.535. The maximum atomic E-state index is 13.0. The Kier molecular flexibility index (Phi) is 5.64.